The number of amides is 2. The number of aromatic carboxylic acids is 1. The smallest absolute Gasteiger partial charge is 0.338 e. The number of carbonyl (C=O) groups excluding carboxylic acids is 2. The third-order valence-electron chi connectivity index (χ3n) is 7.11. The number of carboxylic acid groups (broad SMARTS) is 1. The number of nitrogens with zero attached hydrogens (tertiary/aromatic N) is 1. The molecule has 2 aromatic carbocycles. The molecular weight excluding hydrogens is 557 g/mol. The van der Waals surface area contributed by atoms with Gasteiger partial charge in [-0.15, -0.1) is 11.3 Å². The van der Waals surface area contributed by atoms with Gasteiger partial charge in [-0.2, -0.15) is 0 Å². The van der Waals surface area contributed by atoms with Crippen LogP contribution < -0.4 is 15.8 Å². The van der Waals surface area contributed by atoms with Crippen LogP contribution in [0.2, 0.25) is 0 Å². The summed E-state index contributed by atoms with van der Waals surface area (Å²) >= 11 is 1.08. The molecule has 5 rings (SSSR count). The van der Waals surface area contributed by atoms with Gasteiger partial charge in [0.25, 0.3) is 11.8 Å². The molecule has 0 unspecified atom stereocenters. The van der Waals surface area contributed by atoms with E-state index in [1.54, 1.807) is 12.1 Å². The quantitative estimate of drug-likeness (QED) is 0.210. The summed E-state index contributed by atoms with van der Waals surface area (Å²) in [7, 11) is 0. The minimum Gasteiger partial charge on any atom is -0.487 e. The van der Waals surface area contributed by atoms with Crippen molar-refractivity contribution in [2.75, 3.05) is 0 Å². The van der Waals surface area contributed by atoms with Gasteiger partial charge in [0.15, 0.2) is 0 Å². The minimum absolute atomic E-state index is 0.00478. The van der Waals surface area contributed by atoms with E-state index in [0.717, 1.165) is 29.7 Å². The van der Waals surface area contributed by atoms with Crippen molar-refractivity contribution >= 4 is 29.1 Å². The van der Waals surface area contributed by atoms with E-state index in [4.69, 9.17) is 10.5 Å². The van der Waals surface area contributed by atoms with Crippen LogP contribution in [-0.2, 0) is 19.4 Å². The third-order valence-corrected chi connectivity index (χ3v) is 8.21. The number of pyridine rings is 1. The molecule has 0 radical (unpaired) electrons. The molecule has 1 atom stereocenters. The lowest BCUT2D eigenvalue weighted by molar-refractivity contribution is 0.0693. The van der Waals surface area contributed by atoms with E-state index >= 15 is 0 Å². The Morgan fingerprint density at radius 2 is 1.81 bits per heavy atom. The van der Waals surface area contributed by atoms with Crippen LogP contribution in [0.3, 0.4) is 0 Å². The number of fused-ring (bicyclic) bond motifs is 1. The average molecular weight is 588 g/mol. The Balaban J connectivity index is 1.55. The molecular formula is C32H30FN3O5S. The second kappa shape index (κ2) is 12.1. The molecule has 0 spiro atoms. The molecule has 4 aromatic rings. The van der Waals surface area contributed by atoms with Crippen molar-refractivity contribution < 1.29 is 28.6 Å². The van der Waals surface area contributed by atoms with Gasteiger partial charge in [0.1, 0.15) is 18.2 Å². The monoisotopic (exact) mass is 587 g/mol. The van der Waals surface area contributed by atoms with E-state index in [2.05, 4.69) is 16.4 Å². The van der Waals surface area contributed by atoms with Gasteiger partial charge in [0.05, 0.1) is 33.4 Å². The largest absolute Gasteiger partial charge is 0.487 e. The number of nitrogens with one attached hydrogen (secondary N) is 1. The van der Waals surface area contributed by atoms with Gasteiger partial charge >= 0.3 is 5.97 Å². The standard InChI is InChI=1S/C32H30FN3O5S/c1-17(2)15-23-27(30(34)37)29(28(32(39)40)24(35-23)16-41-20-10-8-19(33)9-11-20)25-13-14-26(42-25)31(38)36-22-12-7-18-5-3-4-6-21(18)22/h3-6,8-11,13-14,17,22H,7,12,15-16H2,1-2H3,(H2,34,37)(H,36,38)(H,39,40)/t22-/m1/s1. The summed E-state index contributed by atoms with van der Waals surface area (Å²) < 4.78 is 19.1. The number of rotatable bonds is 10. The third kappa shape index (κ3) is 6.03. The van der Waals surface area contributed by atoms with Crippen molar-refractivity contribution in [1.29, 1.82) is 0 Å². The Labute approximate surface area is 246 Å². The zero-order chi connectivity index (χ0) is 30.0. The highest BCUT2D eigenvalue weighted by Crippen LogP contribution is 2.38. The second-order valence-corrected chi connectivity index (χ2v) is 11.7. The van der Waals surface area contributed by atoms with E-state index in [1.807, 2.05) is 32.0 Å². The van der Waals surface area contributed by atoms with Crippen LogP contribution in [0.4, 0.5) is 4.39 Å². The van der Waals surface area contributed by atoms with Crippen LogP contribution in [0.5, 0.6) is 5.75 Å². The van der Waals surface area contributed by atoms with Crippen molar-refractivity contribution in [2.45, 2.75) is 45.8 Å². The van der Waals surface area contributed by atoms with Crippen molar-refractivity contribution in [1.82, 2.24) is 10.3 Å². The number of nitrogens with two attached hydrogens (primary N) is 1. The number of aromatic nitrogens is 1. The molecule has 0 saturated heterocycles. The molecule has 2 heterocycles. The number of hydrogen-bond acceptors (Lipinski definition) is 6. The fourth-order valence-electron chi connectivity index (χ4n) is 5.28. The van der Waals surface area contributed by atoms with E-state index in [0.29, 0.717) is 27.6 Å². The van der Waals surface area contributed by atoms with Gasteiger partial charge in [-0.1, -0.05) is 38.1 Å². The Morgan fingerprint density at radius 3 is 2.50 bits per heavy atom. The van der Waals surface area contributed by atoms with Crippen LogP contribution in [0.25, 0.3) is 10.4 Å². The molecule has 216 valence electrons. The number of hydrogen-bond donors (Lipinski definition) is 3. The molecule has 1 aliphatic carbocycles. The molecule has 42 heavy (non-hydrogen) atoms. The maximum absolute atomic E-state index is 13.4. The number of carbonyl (C=O) groups is 3. The number of benzene rings is 2. The predicted molar refractivity (Wildman–Crippen MR) is 157 cm³/mol. The van der Waals surface area contributed by atoms with Crippen molar-refractivity contribution in [2.24, 2.45) is 11.7 Å². The second-order valence-electron chi connectivity index (χ2n) is 10.6. The fraction of sp³-hybridized carbons (Fsp3) is 0.250. The topological polar surface area (TPSA) is 132 Å². The van der Waals surface area contributed by atoms with E-state index in [9.17, 15) is 23.9 Å². The van der Waals surface area contributed by atoms with Crippen LogP contribution in [0.15, 0.2) is 60.7 Å². The molecule has 0 saturated carbocycles. The Hall–Kier alpha value is -4.57. The number of aryl methyl sites for hydroxylation is 1. The highest BCUT2D eigenvalue weighted by molar-refractivity contribution is 7.17. The summed E-state index contributed by atoms with van der Waals surface area (Å²) in [4.78, 5) is 44.1. The Kier molecular flexibility index (Phi) is 8.35. The normalized spacial score (nSPS) is 14.0. The summed E-state index contributed by atoms with van der Waals surface area (Å²) in [6.07, 6.45) is 2.02. The number of thiophene rings is 1. The summed E-state index contributed by atoms with van der Waals surface area (Å²) in [6, 6.07) is 16.4. The number of ether oxygens (including phenoxy) is 1. The highest BCUT2D eigenvalue weighted by atomic mass is 32.1. The summed E-state index contributed by atoms with van der Waals surface area (Å²) in [5.74, 6) is -2.47. The van der Waals surface area contributed by atoms with Crippen LogP contribution in [0.1, 0.15) is 79.2 Å². The van der Waals surface area contributed by atoms with E-state index < -0.39 is 17.7 Å². The van der Waals surface area contributed by atoms with Gasteiger partial charge in [-0.25, -0.2) is 9.18 Å². The van der Waals surface area contributed by atoms with Crippen molar-refractivity contribution in [3.8, 4) is 16.2 Å². The molecule has 2 aromatic heterocycles. The maximum atomic E-state index is 13.4. The molecule has 8 nitrogen and oxygen atoms in total. The molecule has 0 bridgehead atoms. The average Bonchev–Trinajstić information content (AvgIpc) is 3.59. The van der Waals surface area contributed by atoms with Crippen molar-refractivity contribution in [3.63, 3.8) is 0 Å². The van der Waals surface area contributed by atoms with Crippen LogP contribution >= 0.6 is 11.3 Å². The van der Waals surface area contributed by atoms with E-state index in [1.165, 1.54) is 29.8 Å². The molecule has 2 amide bonds. The first-order chi connectivity index (χ1) is 20.1. The van der Waals surface area contributed by atoms with Crippen molar-refractivity contribution in [3.05, 3.63) is 105 Å². The van der Waals surface area contributed by atoms with Gasteiger partial charge in [-0.3, -0.25) is 14.6 Å². The number of carboxylic acids is 1. The van der Waals surface area contributed by atoms with Crippen LogP contribution in [0, 0.1) is 11.7 Å². The minimum atomic E-state index is -1.32. The fourth-order valence-corrected chi connectivity index (χ4v) is 6.25. The maximum Gasteiger partial charge on any atom is 0.338 e. The zero-order valence-electron chi connectivity index (χ0n) is 23.1. The molecule has 10 heteroatoms. The SMILES string of the molecule is CC(C)Cc1nc(COc2ccc(F)cc2)c(C(=O)O)c(-c2ccc(C(=O)N[C@@H]3CCc4ccccc43)s2)c1C(N)=O. The summed E-state index contributed by atoms with van der Waals surface area (Å²) in [6.45, 7) is 3.64. The molecule has 4 N–H and O–H groups in total. The lowest BCUT2D eigenvalue weighted by Crippen LogP contribution is -2.26. The lowest BCUT2D eigenvalue weighted by Gasteiger charge is -2.19. The van der Waals surface area contributed by atoms with Gasteiger partial charge in [0, 0.05) is 10.4 Å². The lowest BCUT2D eigenvalue weighted by atomic mass is 9.93. The molecule has 0 aliphatic heterocycles. The summed E-state index contributed by atoms with van der Waals surface area (Å²) in [5.41, 5.74) is 8.43. The highest BCUT2D eigenvalue weighted by Gasteiger charge is 2.30. The predicted octanol–water partition coefficient (Wildman–Crippen LogP) is 5.94. The molecule has 1 aliphatic rings. The first-order valence-electron chi connectivity index (χ1n) is 13.6. The zero-order valence-corrected chi connectivity index (χ0v) is 24.0. The summed E-state index contributed by atoms with van der Waals surface area (Å²) in [5, 5.41) is 13.4. The number of primary amides is 1. The molecule has 0 fully saturated rings. The Morgan fingerprint density at radius 1 is 1.07 bits per heavy atom. The van der Waals surface area contributed by atoms with Gasteiger partial charge in [-0.05, 0) is 72.7 Å². The first kappa shape index (κ1) is 28.9. The number of halogens is 1. The van der Waals surface area contributed by atoms with Gasteiger partial charge in [0.2, 0.25) is 0 Å². The Bertz CT molecular complexity index is 1670. The van der Waals surface area contributed by atoms with E-state index in [-0.39, 0.29) is 46.9 Å². The first-order valence-corrected chi connectivity index (χ1v) is 14.4. The van der Waals surface area contributed by atoms with Gasteiger partial charge < -0.3 is 20.9 Å². The van der Waals surface area contributed by atoms with Crippen LogP contribution in [-0.4, -0.2) is 27.9 Å².